The Labute approximate surface area is 203 Å². The number of benzene rings is 2. The van der Waals surface area contributed by atoms with Gasteiger partial charge in [0.15, 0.2) is 5.78 Å². The summed E-state index contributed by atoms with van der Waals surface area (Å²) in [4.78, 5) is 28.6. The number of carbonyl (C=O) groups excluding carboxylic acids is 2. The van der Waals surface area contributed by atoms with Gasteiger partial charge in [0.2, 0.25) is 5.91 Å². The first-order chi connectivity index (χ1) is 16.8. The normalized spacial score (nSPS) is 23.0. The summed E-state index contributed by atoms with van der Waals surface area (Å²) in [6, 6.07) is 9.82. The van der Waals surface area contributed by atoms with Crippen molar-refractivity contribution in [2.75, 3.05) is 10.2 Å². The van der Waals surface area contributed by atoms with Crippen LogP contribution >= 0.6 is 0 Å². The number of nitriles is 1. The summed E-state index contributed by atoms with van der Waals surface area (Å²) in [5.74, 6) is -2.20. The standard InChI is InChI=1S/C26H20F4N4O2/c1-24(2)10-19-21(20(35)11-24)25(16-9-14(27)6-7-18(16)33-23(25)36)17(12-31)22(32)34(19)15-5-3-4-13(8-15)26(28,29)30/h3-9H,10-11,32H2,1-2H3,(H,33,36)/t25-/m0/s1. The highest BCUT2D eigenvalue weighted by molar-refractivity contribution is 6.20. The zero-order valence-corrected chi connectivity index (χ0v) is 19.3. The molecule has 0 saturated heterocycles. The van der Waals surface area contributed by atoms with Crippen molar-refractivity contribution in [2.45, 2.75) is 38.3 Å². The minimum Gasteiger partial charge on any atom is -0.384 e. The van der Waals surface area contributed by atoms with E-state index in [0.717, 1.165) is 24.3 Å². The maximum Gasteiger partial charge on any atom is 0.416 e. The summed E-state index contributed by atoms with van der Waals surface area (Å²) < 4.78 is 55.0. The van der Waals surface area contributed by atoms with E-state index in [-0.39, 0.29) is 52.4 Å². The Morgan fingerprint density at radius 3 is 2.50 bits per heavy atom. The molecular weight excluding hydrogens is 476 g/mol. The maximum atomic E-state index is 14.4. The Bertz CT molecular complexity index is 1470. The molecule has 184 valence electrons. The summed E-state index contributed by atoms with van der Waals surface area (Å²) >= 11 is 0. The first-order valence-corrected chi connectivity index (χ1v) is 11.1. The number of halogens is 4. The second-order valence-electron chi connectivity index (χ2n) is 9.91. The number of allylic oxidation sites excluding steroid dienone is 1. The highest BCUT2D eigenvalue weighted by atomic mass is 19.4. The molecular formula is C26H20F4N4O2. The third-order valence-corrected chi connectivity index (χ3v) is 6.89. The largest absolute Gasteiger partial charge is 0.416 e. The van der Waals surface area contributed by atoms with Gasteiger partial charge in [0, 0.05) is 34.6 Å². The molecule has 5 rings (SSSR count). The number of nitrogens with two attached hydrogens (primary N) is 1. The Morgan fingerprint density at radius 2 is 1.83 bits per heavy atom. The second kappa shape index (κ2) is 7.43. The smallest absolute Gasteiger partial charge is 0.384 e. The van der Waals surface area contributed by atoms with Crippen LogP contribution in [0.5, 0.6) is 0 Å². The van der Waals surface area contributed by atoms with Crippen molar-refractivity contribution < 1.29 is 27.2 Å². The lowest BCUT2D eigenvalue weighted by molar-refractivity contribution is -0.137. The predicted molar refractivity (Wildman–Crippen MR) is 123 cm³/mol. The van der Waals surface area contributed by atoms with Crippen LogP contribution in [0.4, 0.5) is 28.9 Å². The lowest BCUT2D eigenvalue weighted by atomic mass is 9.60. The van der Waals surface area contributed by atoms with Crippen LogP contribution in [-0.2, 0) is 21.2 Å². The molecule has 36 heavy (non-hydrogen) atoms. The van der Waals surface area contributed by atoms with Crippen molar-refractivity contribution in [2.24, 2.45) is 11.1 Å². The van der Waals surface area contributed by atoms with Gasteiger partial charge >= 0.3 is 6.18 Å². The molecule has 1 amide bonds. The summed E-state index contributed by atoms with van der Waals surface area (Å²) in [6.07, 6.45) is -4.46. The molecule has 3 N–H and O–H groups in total. The average molecular weight is 496 g/mol. The van der Waals surface area contributed by atoms with E-state index in [4.69, 9.17) is 5.73 Å². The molecule has 0 fully saturated rings. The van der Waals surface area contributed by atoms with Crippen molar-refractivity contribution in [3.8, 4) is 6.07 Å². The molecule has 0 bridgehead atoms. The summed E-state index contributed by atoms with van der Waals surface area (Å²) in [6.45, 7) is 3.63. The topological polar surface area (TPSA) is 99.2 Å². The van der Waals surface area contributed by atoms with Crippen LogP contribution in [0.1, 0.15) is 37.8 Å². The van der Waals surface area contributed by atoms with Gasteiger partial charge in [0.1, 0.15) is 23.1 Å². The molecule has 0 radical (unpaired) electrons. The van der Waals surface area contributed by atoms with Crippen molar-refractivity contribution in [1.29, 1.82) is 5.26 Å². The van der Waals surface area contributed by atoms with Crippen LogP contribution in [0.25, 0.3) is 0 Å². The van der Waals surface area contributed by atoms with Crippen LogP contribution in [0.3, 0.4) is 0 Å². The molecule has 2 aromatic rings. The van der Waals surface area contributed by atoms with E-state index < -0.39 is 40.1 Å². The summed E-state index contributed by atoms with van der Waals surface area (Å²) in [5, 5.41) is 12.9. The number of nitrogens with zero attached hydrogens (tertiary/aromatic N) is 2. The Balaban J connectivity index is 1.88. The molecule has 2 aliphatic heterocycles. The zero-order chi connectivity index (χ0) is 26.2. The SMILES string of the molecule is CC1(C)CC(=O)C2=C(C1)N(c1cccc(C(F)(F)F)c1)C(N)=C(C#N)[C@]21C(=O)Nc2ccc(F)cc21. The van der Waals surface area contributed by atoms with Crippen LogP contribution < -0.4 is 16.0 Å². The van der Waals surface area contributed by atoms with Gasteiger partial charge in [-0.2, -0.15) is 18.4 Å². The average Bonchev–Trinajstić information content (AvgIpc) is 3.04. The van der Waals surface area contributed by atoms with E-state index in [2.05, 4.69) is 5.32 Å². The van der Waals surface area contributed by atoms with Gasteiger partial charge in [-0.1, -0.05) is 19.9 Å². The monoisotopic (exact) mass is 496 g/mol. The molecule has 1 aliphatic carbocycles. The fourth-order valence-electron chi connectivity index (χ4n) is 5.51. The number of hydrogen-bond acceptors (Lipinski definition) is 5. The molecule has 0 aromatic heterocycles. The molecule has 10 heteroatoms. The maximum absolute atomic E-state index is 14.4. The Kier molecular flexibility index (Phi) is 4.87. The third-order valence-electron chi connectivity index (χ3n) is 6.89. The lowest BCUT2D eigenvalue weighted by Gasteiger charge is -2.46. The van der Waals surface area contributed by atoms with E-state index in [1.165, 1.54) is 23.1 Å². The van der Waals surface area contributed by atoms with E-state index in [1.807, 2.05) is 19.9 Å². The van der Waals surface area contributed by atoms with Crippen LogP contribution in [-0.4, -0.2) is 11.7 Å². The highest BCUT2D eigenvalue weighted by Crippen LogP contribution is 2.57. The minimum atomic E-state index is -4.65. The molecule has 2 aromatic carbocycles. The third kappa shape index (κ3) is 3.15. The van der Waals surface area contributed by atoms with Gasteiger partial charge in [-0.25, -0.2) is 4.39 Å². The molecule has 1 spiro atoms. The Hall–Kier alpha value is -4.13. The number of Topliss-reactive ketones (excluding diaryl/α,β-unsaturated/α-hetero) is 1. The highest BCUT2D eigenvalue weighted by Gasteiger charge is 2.61. The fraction of sp³-hybridized carbons (Fsp3) is 0.269. The number of hydrogen-bond donors (Lipinski definition) is 2. The second-order valence-corrected chi connectivity index (χ2v) is 9.91. The fourth-order valence-corrected chi connectivity index (χ4v) is 5.51. The number of rotatable bonds is 1. The quantitative estimate of drug-likeness (QED) is 0.548. The van der Waals surface area contributed by atoms with Crippen molar-refractivity contribution in [1.82, 2.24) is 0 Å². The van der Waals surface area contributed by atoms with Gasteiger partial charge in [0.25, 0.3) is 0 Å². The van der Waals surface area contributed by atoms with E-state index in [1.54, 1.807) is 0 Å². The molecule has 3 aliphatic rings. The van der Waals surface area contributed by atoms with Crippen LogP contribution in [0.15, 0.2) is 65.1 Å². The van der Waals surface area contributed by atoms with E-state index in [9.17, 15) is 32.4 Å². The first-order valence-electron chi connectivity index (χ1n) is 11.1. The van der Waals surface area contributed by atoms with Crippen molar-refractivity contribution >= 4 is 23.1 Å². The summed E-state index contributed by atoms with van der Waals surface area (Å²) in [5.41, 5.74) is 2.93. The number of anilines is 2. The van der Waals surface area contributed by atoms with Crippen LogP contribution in [0.2, 0.25) is 0 Å². The molecule has 0 unspecified atom stereocenters. The minimum absolute atomic E-state index is 0.0132. The zero-order valence-electron chi connectivity index (χ0n) is 19.3. The van der Waals surface area contributed by atoms with Gasteiger partial charge in [-0.05, 0) is 48.2 Å². The summed E-state index contributed by atoms with van der Waals surface area (Å²) in [7, 11) is 0. The van der Waals surface area contributed by atoms with Crippen molar-refractivity contribution in [3.05, 3.63) is 82.1 Å². The van der Waals surface area contributed by atoms with E-state index in [0.29, 0.717) is 0 Å². The van der Waals surface area contributed by atoms with E-state index >= 15 is 0 Å². The van der Waals surface area contributed by atoms with Crippen LogP contribution in [0, 0.1) is 22.6 Å². The number of amides is 1. The molecule has 0 saturated carbocycles. The molecule has 6 nitrogen and oxygen atoms in total. The molecule has 1 atom stereocenters. The van der Waals surface area contributed by atoms with Crippen molar-refractivity contribution in [3.63, 3.8) is 0 Å². The number of carbonyl (C=O) groups is 2. The number of ketones is 1. The lowest BCUT2D eigenvalue weighted by Crippen LogP contribution is -2.52. The van der Waals surface area contributed by atoms with Gasteiger partial charge < -0.3 is 11.1 Å². The van der Waals surface area contributed by atoms with Gasteiger partial charge in [-0.3, -0.25) is 14.5 Å². The number of fused-ring (bicyclic) bond motifs is 3. The Morgan fingerprint density at radius 1 is 1.11 bits per heavy atom. The molecule has 2 heterocycles. The van der Waals surface area contributed by atoms with Gasteiger partial charge in [-0.15, -0.1) is 0 Å². The number of nitrogens with one attached hydrogen (secondary N) is 1. The predicted octanol–water partition coefficient (Wildman–Crippen LogP) is 4.89. The van der Waals surface area contributed by atoms with Gasteiger partial charge in [0.05, 0.1) is 11.1 Å². The number of alkyl halides is 3. The first kappa shape index (κ1) is 23.6.